The van der Waals surface area contributed by atoms with Gasteiger partial charge in [-0.1, -0.05) is 62.4 Å². The Morgan fingerprint density at radius 1 is 0.943 bits per heavy atom. The lowest BCUT2D eigenvalue weighted by molar-refractivity contribution is -0.344. The van der Waals surface area contributed by atoms with E-state index < -0.39 is 90.5 Å². The first kappa shape index (κ1) is 37.6. The summed E-state index contributed by atoms with van der Waals surface area (Å²) in [6.07, 6.45) is -5.03. The van der Waals surface area contributed by atoms with Crippen LogP contribution < -0.4 is 5.19 Å². The van der Waals surface area contributed by atoms with Gasteiger partial charge in [-0.3, -0.25) is 14.4 Å². The molecule has 2 unspecified atom stereocenters. The number of aliphatic hydroxyl groups excluding tert-OH is 1. The van der Waals surface area contributed by atoms with Gasteiger partial charge in [0.15, 0.2) is 17.5 Å². The Bertz CT molecular complexity index is 1840. The molecular weight excluding hydrogens is 697 g/mol. The fraction of sp³-hybridized carbons (Fsp3) is 0.561. The molecule has 1 heterocycles. The molecule has 53 heavy (non-hydrogen) atoms. The molecular formula is C41H50O11Si. The minimum absolute atomic E-state index is 0.125. The zero-order valence-electron chi connectivity index (χ0n) is 31.4. The Labute approximate surface area is 311 Å². The van der Waals surface area contributed by atoms with E-state index in [-0.39, 0.29) is 36.5 Å². The van der Waals surface area contributed by atoms with Crippen LogP contribution in [-0.2, 0) is 37.8 Å². The first-order chi connectivity index (χ1) is 24.9. The minimum Gasteiger partial charge on any atom is -0.455 e. The lowest BCUT2D eigenvalue weighted by atomic mass is 9.44. The lowest BCUT2D eigenvalue weighted by Gasteiger charge is -2.68. The van der Waals surface area contributed by atoms with E-state index in [0.717, 1.165) is 5.19 Å². The molecule has 1 saturated heterocycles. The number of ketones is 1. The van der Waals surface area contributed by atoms with Gasteiger partial charge in [-0.2, -0.15) is 0 Å². The summed E-state index contributed by atoms with van der Waals surface area (Å²) in [4.78, 5) is 56.9. The Morgan fingerprint density at radius 3 is 2.13 bits per heavy atom. The minimum atomic E-state index is -2.85. The van der Waals surface area contributed by atoms with E-state index in [2.05, 4.69) is 0 Å². The van der Waals surface area contributed by atoms with Crippen LogP contribution in [-0.4, -0.2) is 90.6 Å². The van der Waals surface area contributed by atoms with Gasteiger partial charge in [0.25, 0.3) is 0 Å². The Balaban J connectivity index is 1.51. The average Bonchev–Trinajstić information content (AvgIpc) is 3.96. The van der Waals surface area contributed by atoms with Crippen molar-refractivity contribution in [3.8, 4) is 0 Å². The predicted molar refractivity (Wildman–Crippen MR) is 194 cm³/mol. The van der Waals surface area contributed by atoms with Gasteiger partial charge in [-0.25, -0.2) is 4.79 Å². The van der Waals surface area contributed by atoms with Crippen molar-refractivity contribution in [2.75, 3.05) is 6.61 Å². The summed E-state index contributed by atoms with van der Waals surface area (Å²) in [5, 5.41) is 26.1. The Kier molecular flexibility index (Phi) is 9.21. The second-order valence-electron chi connectivity index (χ2n) is 16.8. The van der Waals surface area contributed by atoms with Crippen molar-refractivity contribution in [3.63, 3.8) is 0 Å². The van der Waals surface area contributed by atoms with E-state index in [1.54, 1.807) is 58.0 Å². The van der Waals surface area contributed by atoms with Crippen molar-refractivity contribution in [1.82, 2.24) is 0 Å². The highest BCUT2D eigenvalue weighted by molar-refractivity contribution is 6.84. The predicted octanol–water partition coefficient (Wildman–Crippen LogP) is 4.18. The molecule has 4 fully saturated rings. The molecule has 1 aliphatic heterocycles. The molecule has 11 nitrogen and oxygen atoms in total. The van der Waals surface area contributed by atoms with Crippen LogP contribution in [0.2, 0.25) is 13.1 Å². The zero-order chi connectivity index (χ0) is 38.3. The number of esters is 3. The SMILES string of the molecule is CC(=O)O[C@@]12CO[C@@H]1C[C@H](O[Si](C)(C)c1ccccc1)[C@@]1(C)C(=O)[C@H](OC(=O)C3CC3)C3=C(C)[C@@H](O)C[C@@](O)(C(OC(=O)c4ccccc4)C12)C3(C)C. The highest BCUT2D eigenvalue weighted by Crippen LogP contribution is 2.65. The molecule has 9 atom stereocenters. The van der Waals surface area contributed by atoms with E-state index >= 15 is 4.79 Å². The topological polar surface area (TPSA) is 155 Å². The van der Waals surface area contributed by atoms with Crippen LogP contribution in [0.15, 0.2) is 71.8 Å². The molecule has 0 amide bonds. The third-order valence-electron chi connectivity index (χ3n) is 12.9. The fourth-order valence-corrected chi connectivity index (χ4v) is 11.9. The van der Waals surface area contributed by atoms with Crippen LogP contribution in [0.25, 0.3) is 0 Å². The summed E-state index contributed by atoms with van der Waals surface area (Å²) in [5.74, 6) is -4.16. The molecule has 0 aromatic heterocycles. The molecule has 7 rings (SSSR count). The van der Waals surface area contributed by atoms with Gasteiger partial charge in [-0.15, -0.1) is 0 Å². The maximum Gasteiger partial charge on any atom is 0.338 e. The van der Waals surface area contributed by atoms with Crippen LogP contribution in [0, 0.1) is 22.7 Å². The molecule has 3 saturated carbocycles. The van der Waals surface area contributed by atoms with Crippen molar-refractivity contribution < 1.29 is 52.8 Å². The van der Waals surface area contributed by atoms with Crippen LogP contribution in [0.3, 0.4) is 0 Å². The molecule has 0 radical (unpaired) electrons. The summed E-state index contributed by atoms with van der Waals surface area (Å²) < 4.78 is 32.4. The normalized spacial score (nSPS) is 36.1. The summed E-state index contributed by atoms with van der Waals surface area (Å²) in [6, 6.07) is 18.0. The van der Waals surface area contributed by atoms with Gasteiger partial charge in [0, 0.05) is 25.2 Å². The molecule has 2 aromatic rings. The van der Waals surface area contributed by atoms with Gasteiger partial charge < -0.3 is 33.6 Å². The van der Waals surface area contributed by atoms with Gasteiger partial charge >= 0.3 is 17.9 Å². The number of hydrogen-bond acceptors (Lipinski definition) is 11. The number of benzene rings is 2. The quantitative estimate of drug-likeness (QED) is 0.173. The van der Waals surface area contributed by atoms with Crippen molar-refractivity contribution >= 4 is 37.2 Å². The van der Waals surface area contributed by atoms with Gasteiger partial charge in [0.1, 0.15) is 17.8 Å². The van der Waals surface area contributed by atoms with Crippen LogP contribution in [0.5, 0.6) is 0 Å². The van der Waals surface area contributed by atoms with Gasteiger partial charge in [0.05, 0.1) is 41.6 Å². The highest BCUT2D eigenvalue weighted by atomic mass is 28.4. The number of hydrogen-bond donors (Lipinski definition) is 2. The van der Waals surface area contributed by atoms with Gasteiger partial charge in [0.2, 0.25) is 8.32 Å². The number of aliphatic hydroxyl groups is 2. The summed E-state index contributed by atoms with van der Waals surface area (Å²) >= 11 is 0. The molecule has 2 aromatic carbocycles. The highest BCUT2D eigenvalue weighted by Gasteiger charge is 2.78. The number of fused-ring (bicyclic) bond motifs is 5. The van der Waals surface area contributed by atoms with Crippen LogP contribution >= 0.6 is 0 Å². The van der Waals surface area contributed by atoms with E-state index in [9.17, 15) is 24.6 Å². The van der Waals surface area contributed by atoms with E-state index in [1.165, 1.54) is 6.92 Å². The second-order valence-corrected chi connectivity index (χ2v) is 20.7. The standard InChI is InChI=1S/C41H50O11Si/c1-23-28(43)21-41(47)35(50-37(46)25-14-10-8-11-15-25)33-39(5,34(44)32(31(23)38(41,3)4)49-36(45)26-18-19-26)29(20-30-40(33,22-48-30)51-24(2)42)52-53(6,7)27-16-12-9-13-17-27/h8-17,26,28-30,32-33,35,43,47H,18-22H2,1-7H3/t28-,29-,30+,32+,33?,35?,39+,40-,41+/m0/s1. The van der Waals surface area contributed by atoms with Crippen molar-refractivity contribution in [1.29, 1.82) is 0 Å². The number of carbonyl (C=O) groups excluding carboxylic acids is 4. The number of rotatable bonds is 8. The summed E-state index contributed by atoms with van der Waals surface area (Å²) in [6.45, 7) is 12.0. The fourth-order valence-electron chi connectivity index (χ4n) is 9.68. The summed E-state index contributed by atoms with van der Waals surface area (Å²) in [5.41, 5.74) is -5.95. The first-order valence-electron chi connectivity index (χ1n) is 18.6. The monoisotopic (exact) mass is 746 g/mol. The van der Waals surface area contributed by atoms with Crippen LogP contribution in [0.4, 0.5) is 0 Å². The van der Waals surface area contributed by atoms with Crippen molar-refractivity contribution in [3.05, 3.63) is 77.4 Å². The third-order valence-corrected chi connectivity index (χ3v) is 15.5. The molecule has 0 spiro atoms. The first-order valence-corrected chi connectivity index (χ1v) is 21.5. The molecule has 5 aliphatic rings. The zero-order valence-corrected chi connectivity index (χ0v) is 32.4. The largest absolute Gasteiger partial charge is 0.455 e. The second kappa shape index (κ2) is 13.0. The maximum absolute atomic E-state index is 16.0. The van der Waals surface area contributed by atoms with E-state index in [0.29, 0.717) is 18.4 Å². The van der Waals surface area contributed by atoms with E-state index in [1.807, 2.05) is 43.4 Å². The van der Waals surface area contributed by atoms with E-state index in [4.69, 9.17) is 23.4 Å². The maximum atomic E-state index is 16.0. The molecule has 4 aliphatic carbocycles. The Hall–Kier alpha value is -3.68. The number of Topliss-reactive ketones (excluding diaryl/α,β-unsaturated/α-hetero) is 1. The summed E-state index contributed by atoms with van der Waals surface area (Å²) in [7, 11) is -2.85. The molecule has 12 heteroatoms. The number of ether oxygens (including phenoxy) is 4. The molecule has 2 N–H and O–H groups in total. The Morgan fingerprint density at radius 2 is 1.57 bits per heavy atom. The van der Waals surface area contributed by atoms with Gasteiger partial charge in [-0.05, 0) is 68.2 Å². The molecule has 2 bridgehead atoms. The average molecular weight is 747 g/mol. The van der Waals surface area contributed by atoms with Crippen LogP contribution in [0.1, 0.15) is 70.7 Å². The van der Waals surface area contributed by atoms with Crippen molar-refractivity contribution in [2.24, 2.45) is 22.7 Å². The smallest absolute Gasteiger partial charge is 0.338 e. The number of carbonyl (C=O) groups is 4. The lowest BCUT2D eigenvalue weighted by Crippen LogP contribution is -2.82. The molecule has 284 valence electrons. The van der Waals surface area contributed by atoms with Crippen molar-refractivity contribution in [2.45, 2.75) is 115 Å². The third kappa shape index (κ3) is 5.83.